The summed E-state index contributed by atoms with van der Waals surface area (Å²) in [5.74, 6) is 0.665. The van der Waals surface area contributed by atoms with E-state index >= 15 is 0 Å². The SMILES string of the molecule is Cc1ccc(NC(=O)N2CC3CCCC[C@@H]32)cc1-c1ncc(F)cn1. The van der Waals surface area contributed by atoms with Gasteiger partial charge in [0.05, 0.1) is 12.4 Å². The summed E-state index contributed by atoms with van der Waals surface area (Å²) in [6, 6.07) is 5.99. The van der Waals surface area contributed by atoms with E-state index in [4.69, 9.17) is 0 Å². The number of carbonyl (C=O) groups is 1. The largest absolute Gasteiger partial charge is 0.322 e. The molecule has 1 unspecified atom stereocenters. The fourth-order valence-electron chi connectivity index (χ4n) is 3.88. The minimum atomic E-state index is -0.467. The monoisotopic (exact) mass is 340 g/mol. The molecule has 2 fully saturated rings. The van der Waals surface area contributed by atoms with Crippen LogP contribution in [0.5, 0.6) is 0 Å². The molecule has 1 saturated carbocycles. The van der Waals surface area contributed by atoms with E-state index < -0.39 is 5.82 Å². The van der Waals surface area contributed by atoms with Crippen LogP contribution >= 0.6 is 0 Å². The molecule has 25 heavy (non-hydrogen) atoms. The number of aryl methyl sites for hydroxylation is 1. The van der Waals surface area contributed by atoms with Gasteiger partial charge in [-0.2, -0.15) is 0 Å². The van der Waals surface area contributed by atoms with Gasteiger partial charge in [-0.05, 0) is 43.4 Å². The summed E-state index contributed by atoms with van der Waals surface area (Å²) in [7, 11) is 0. The molecule has 6 heteroatoms. The molecule has 2 heterocycles. The van der Waals surface area contributed by atoms with E-state index in [9.17, 15) is 9.18 Å². The predicted molar refractivity (Wildman–Crippen MR) is 93.6 cm³/mol. The highest BCUT2D eigenvalue weighted by Gasteiger charge is 2.42. The molecule has 2 atom stereocenters. The van der Waals surface area contributed by atoms with Crippen molar-refractivity contribution in [2.45, 2.75) is 38.6 Å². The van der Waals surface area contributed by atoms with Crippen LogP contribution in [-0.4, -0.2) is 33.5 Å². The summed E-state index contributed by atoms with van der Waals surface area (Å²) in [6.45, 7) is 2.80. The zero-order chi connectivity index (χ0) is 17.4. The predicted octanol–water partition coefficient (Wildman–Crippen LogP) is 4.00. The maximum atomic E-state index is 13.0. The van der Waals surface area contributed by atoms with Crippen LogP contribution in [0, 0.1) is 18.7 Å². The lowest BCUT2D eigenvalue weighted by Gasteiger charge is -2.50. The standard InChI is InChI=1S/C19H21FN4O/c1-12-6-7-15(8-16(12)18-21-9-14(20)10-22-18)23-19(25)24-11-13-4-2-3-5-17(13)24/h6-10,13,17H,2-5,11H2,1H3,(H,23,25)/t13?,17-/m0/s1. The number of nitrogens with zero attached hydrogens (tertiary/aromatic N) is 3. The first-order chi connectivity index (χ1) is 12.1. The molecule has 1 N–H and O–H groups in total. The van der Waals surface area contributed by atoms with Crippen LogP contribution in [0.4, 0.5) is 14.9 Å². The summed E-state index contributed by atoms with van der Waals surface area (Å²) in [5.41, 5.74) is 2.47. The number of rotatable bonds is 2. The van der Waals surface area contributed by atoms with Crippen molar-refractivity contribution >= 4 is 11.7 Å². The molecule has 0 bridgehead atoms. The van der Waals surface area contributed by atoms with Gasteiger partial charge in [0.1, 0.15) is 0 Å². The van der Waals surface area contributed by atoms with E-state index in [1.807, 2.05) is 30.0 Å². The molecule has 4 rings (SSSR count). The molecule has 1 aliphatic carbocycles. The highest BCUT2D eigenvalue weighted by Crippen LogP contribution is 2.37. The Morgan fingerprint density at radius 3 is 2.76 bits per heavy atom. The second kappa shape index (κ2) is 6.43. The number of aromatic nitrogens is 2. The van der Waals surface area contributed by atoms with Crippen LogP contribution in [0.2, 0.25) is 0 Å². The summed E-state index contributed by atoms with van der Waals surface area (Å²) in [6.07, 6.45) is 7.15. The van der Waals surface area contributed by atoms with Crippen LogP contribution in [0.15, 0.2) is 30.6 Å². The first-order valence-electron chi connectivity index (χ1n) is 8.78. The molecule has 1 aromatic carbocycles. The molecular formula is C19H21FN4O. The van der Waals surface area contributed by atoms with E-state index in [-0.39, 0.29) is 6.03 Å². The summed E-state index contributed by atoms with van der Waals surface area (Å²) < 4.78 is 13.0. The van der Waals surface area contributed by atoms with Crippen molar-refractivity contribution < 1.29 is 9.18 Å². The average molecular weight is 340 g/mol. The first-order valence-corrected chi connectivity index (χ1v) is 8.78. The molecule has 0 spiro atoms. The number of urea groups is 1. The van der Waals surface area contributed by atoms with E-state index in [0.717, 1.165) is 36.5 Å². The van der Waals surface area contributed by atoms with Crippen molar-refractivity contribution in [1.29, 1.82) is 0 Å². The van der Waals surface area contributed by atoms with Crippen LogP contribution in [0.3, 0.4) is 0 Å². The second-order valence-corrected chi connectivity index (χ2v) is 6.95. The number of likely N-dealkylation sites (tertiary alicyclic amines) is 1. The Labute approximate surface area is 146 Å². The molecule has 5 nitrogen and oxygen atoms in total. The van der Waals surface area contributed by atoms with Gasteiger partial charge in [0.25, 0.3) is 0 Å². The van der Waals surface area contributed by atoms with Crippen LogP contribution in [-0.2, 0) is 0 Å². The molecule has 2 aliphatic rings. The third-order valence-electron chi connectivity index (χ3n) is 5.31. The Kier molecular flexibility index (Phi) is 4.11. The van der Waals surface area contributed by atoms with Gasteiger partial charge in [-0.15, -0.1) is 0 Å². The third kappa shape index (κ3) is 3.08. The second-order valence-electron chi connectivity index (χ2n) is 6.95. The van der Waals surface area contributed by atoms with Crippen LogP contribution in [0.25, 0.3) is 11.4 Å². The first kappa shape index (κ1) is 16.0. The Hall–Kier alpha value is -2.50. The number of benzene rings is 1. The molecule has 1 saturated heterocycles. The molecule has 2 amide bonds. The minimum absolute atomic E-state index is 0.0435. The maximum absolute atomic E-state index is 13.0. The lowest BCUT2D eigenvalue weighted by atomic mass is 9.77. The number of carbonyl (C=O) groups excluding carboxylic acids is 1. The van der Waals surface area contributed by atoms with Crippen molar-refractivity contribution in [1.82, 2.24) is 14.9 Å². The quantitative estimate of drug-likeness (QED) is 0.899. The number of hydrogen-bond acceptors (Lipinski definition) is 3. The van der Waals surface area contributed by atoms with E-state index in [1.165, 1.54) is 19.3 Å². The van der Waals surface area contributed by atoms with Gasteiger partial charge in [0, 0.05) is 23.8 Å². The van der Waals surface area contributed by atoms with Crippen molar-refractivity contribution in [3.8, 4) is 11.4 Å². The fourth-order valence-corrected chi connectivity index (χ4v) is 3.88. The topological polar surface area (TPSA) is 58.1 Å². The molecule has 0 radical (unpaired) electrons. The number of halogens is 1. The lowest BCUT2D eigenvalue weighted by Crippen LogP contribution is -2.60. The van der Waals surface area contributed by atoms with Gasteiger partial charge < -0.3 is 10.2 Å². The Morgan fingerprint density at radius 1 is 1.24 bits per heavy atom. The van der Waals surface area contributed by atoms with Crippen molar-refractivity contribution in [2.24, 2.45) is 5.92 Å². The maximum Gasteiger partial charge on any atom is 0.322 e. The Balaban J connectivity index is 1.50. The third-order valence-corrected chi connectivity index (χ3v) is 5.31. The van der Waals surface area contributed by atoms with E-state index in [0.29, 0.717) is 23.5 Å². The molecule has 1 aliphatic heterocycles. The number of amides is 2. The van der Waals surface area contributed by atoms with E-state index in [1.54, 1.807) is 0 Å². The smallest absolute Gasteiger partial charge is 0.321 e. The van der Waals surface area contributed by atoms with Gasteiger partial charge in [0.2, 0.25) is 0 Å². The number of anilines is 1. The Morgan fingerprint density at radius 2 is 2.00 bits per heavy atom. The zero-order valence-corrected chi connectivity index (χ0v) is 14.2. The summed E-state index contributed by atoms with van der Waals surface area (Å²) in [4.78, 5) is 22.6. The van der Waals surface area contributed by atoms with Crippen molar-refractivity contribution in [3.63, 3.8) is 0 Å². The molecular weight excluding hydrogens is 319 g/mol. The zero-order valence-electron chi connectivity index (χ0n) is 14.2. The van der Waals surface area contributed by atoms with Crippen molar-refractivity contribution in [2.75, 3.05) is 11.9 Å². The fraction of sp³-hybridized carbons (Fsp3) is 0.421. The normalized spacial score (nSPS) is 22.1. The van der Waals surface area contributed by atoms with Crippen LogP contribution in [0.1, 0.15) is 31.2 Å². The highest BCUT2D eigenvalue weighted by atomic mass is 19.1. The van der Waals surface area contributed by atoms with Gasteiger partial charge in [-0.3, -0.25) is 0 Å². The van der Waals surface area contributed by atoms with Gasteiger partial charge in [0.15, 0.2) is 11.6 Å². The van der Waals surface area contributed by atoms with Gasteiger partial charge >= 0.3 is 6.03 Å². The van der Waals surface area contributed by atoms with E-state index in [2.05, 4.69) is 15.3 Å². The average Bonchev–Trinajstić information content (AvgIpc) is 2.58. The Bertz CT molecular complexity index is 793. The van der Waals surface area contributed by atoms with Crippen LogP contribution < -0.4 is 5.32 Å². The minimum Gasteiger partial charge on any atom is -0.321 e. The van der Waals surface area contributed by atoms with Crippen molar-refractivity contribution in [3.05, 3.63) is 42.0 Å². The number of nitrogens with one attached hydrogen (secondary N) is 1. The molecule has 130 valence electrons. The summed E-state index contributed by atoms with van der Waals surface area (Å²) in [5, 5.41) is 2.98. The van der Waals surface area contributed by atoms with Gasteiger partial charge in [-0.1, -0.05) is 18.9 Å². The molecule has 2 aromatic rings. The summed E-state index contributed by atoms with van der Waals surface area (Å²) >= 11 is 0. The molecule has 1 aromatic heterocycles. The number of fused-ring (bicyclic) bond motifs is 1. The lowest BCUT2D eigenvalue weighted by molar-refractivity contribution is 0.0256. The highest BCUT2D eigenvalue weighted by molar-refractivity contribution is 5.91. The van der Waals surface area contributed by atoms with Gasteiger partial charge in [-0.25, -0.2) is 19.2 Å². The number of hydrogen-bond donors (Lipinski definition) is 1.